The van der Waals surface area contributed by atoms with Crippen molar-refractivity contribution in [2.24, 2.45) is 11.7 Å². The Morgan fingerprint density at radius 3 is 2.12 bits per heavy atom. The van der Waals surface area contributed by atoms with Gasteiger partial charge in [0.2, 0.25) is 0 Å². The fourth-order valence-corrected chi connectivity index (χ4v) is 2.50. The fraction of sp³-hybridized carbons (Fsp3) is 0.619. The summed E-state index contributed by atoms with van der Waals surface area (Å²) >= 11 is 0. The molecule has 1 aromatic rings. The Hall–Kier alpha value is -1.68. The molecule has 0 heterocycles. The third-order valence-corrected chi connectivity index (χ3v) is 4.65. The molecule has 140 valence electrons. The Bertz CT molecular complexity index is 636. The number of benzene rings is 1. The number of aldehydes is 1. The number of hydrogen-bond acceptors (Lipinski definition) is 4. The van der Waals surface area contributed by atoms with Gasteiger partial charge in [-0.05, 0) is 28.4 Å². The van der Waals surface area contributed by atoms with Gasteiger partial charge in [-0.15, -0.1) is 0 Å². The summed E-state index contributed by atoms with van der Waals surface area (Å²) in [7, 11) is 0. The molecule has 0 aliphatic heterocycles. The first kappa shape index (κ1) is 21.4. The zero-order chi connectivity index (χ0) is 19.6. The molecule has 2 N–H and O–H groups in total. The highest BCUT2D eigenvalue weighted by Crippen LogP contribution is 2.38. The standard InChI is InChI=1S/C21H33NO3/c1-9-13(2)17(22)19(24)25-18-14(12-23)10-15(20(3,4)5)11-16(18)21(6,7)8/h10-13,17H,9,22H2,1-8H3/t13-,17-/m0/s1. The smallest absolute Gasteiger partial charge is 0.328 e. The lowest BCUT2D eigenvalue weighted by Crippen LogP contribution is -2.40. The first-order chi connectivity index (χ1) is 11.3. The summed E-state index contributed by atoms with van der Waals surface area (Å²) < 4.78 is 5.65. The van der Waals surface area contributed by atoms with Crippen molar-refractivity contribution in [1.29, 1.82) is 0 Å². The SMILES string of the molecule is CC[C@H](C)[C@H](N)C(=O)Oc1c(C=O)cc(C(C)(C)C)cc1C(C)(C)C. The maximum atomic E-state index is 12.5. The van der Waals surface area contributed by atoms with Crippen LogP contribution in [0.4, 0.5) is 0 Å². The normalized spacial score (nSPS) is 14.8. The molecule has 0 saturated heterocycles. The average Bonchev–Trinajstić information content (AvgIpc) is 2.50. The largest absolute Gasteiger partial charge is 0.424 e. The predicted molar refractivity (Wildman–Crippen MR) is 102 cm³/mol. The second-order valence-corrected chi connectivity index (χ2v) is 8.89. The molecule has 0 fully saturated rings. The summed E-state index contributed by atoms with van der Waals surface area (Å²) in [5.74, 6) is -0.148. The third kappa shape index (κ3) is 5.15. The Labute approximate surface area is 152 Å². The van der Waals surface area contributed by atoms with Gasteiger partial charge in [0, 0.05) is 5.56 Å². The van der Waals surface area contributed by atoms with Crippen LogP contribution in [0.5, 0.6) is 5.75 Å². The molecule has 25 heavy (non-hydrogen) atoms. The van der Waals surface area contributed by atoms with Crippen LogP contribution in [0.25, 0.3) is 0 Å². The van der Waals surface area contributed by atoms with Gasteiger partial charge in [-0.25, -0.2) is 4.79 Å². The van der Waals surface area contributed by atoms with Gasteiger partial charge in [-0.3, -0.25) is 4.79 Å². The second kappa shape index (κ2) is 7.69. The number of carbonyl (C=O) groups is 2. The van der Waals surface area contributed by atoms with Gasteiger partial charge in [0.05, 0.1) is 5.56 Å². The van der Waals surface area contributed by atoms with E-state index in [0.29, 0.717) is 11.3 Å². The maximum Gasteiger partial charge on any atom is 0.328 e. The fourth-order valence-electron chi connectivity index (χ4n) is 2.50. The van der Waals surface area contributed by atoms with E-state index in [9.17, 15) is 9.59 Å². The van der Waals surface area contributed by atoms with Gasteiger partial charge < -0.3 is 10.5 Å². The molecule has 0 unspecified atom stereocenters. The van der Waals surface area contributed by atoms with Crippen molar-refractivity contribution >= 4 is 12.3 Å². The van der Waals surface area contributed by atoms with Crippen LogP contribution in [0, 0.1) is 5.92 Å². The number of nitrogens with two attached hydrogens (primary N) is 1. The van der Waals surface area contributed by atoms with E-state index in [-0.39, 0.29) is 16.7 Å². The molecule has 4 nitrogen and oxygen atoms in total. The number of carbonyl (C=O) groups excluding carboxylic acids is 2. The van der Waals surface area contributed by atoms with Crippen LogP contribution >= 0.6 is 0 Å². The van der Waals surface area contributed by atoms with E-state index < -0.39 is 12.0 Å². The highest BCUT2D eigenvalue weighted by atomic mass is 16.5. The van der Waals surface area contributed by atoms with Crippen LogP contribution in [-0.2, 0) is 15.6 Å². The van der Waals surface area contributed by atoms with Gasteiger partial charge in [0.25, 0.3) is 0 Å². The minimum Gasteiger partial charge on any atom is -0.424 e. The minimum atomic E-state index is -0.709. The molecular formula is C21H33NO3. The number of hydrogen-bond donors (Lipinski definition) is 1. The highest BCUT2D eigenvalue weighted by molar-refractivity contribution is 5.86. The van der Waals surface area contributed by atoms with Crippen molar-refractivity contribution in [3.63, 3.8) is 0 Å². The van der Waals surface area contributed by atoms with Crippen LogP contribution in [-0.4, -0.2) is 18.3 Å². The highest BCUT2D eigenvalue weighted by Gasteiger charge is 2.29. The molecule has 0 aliphatic rings. The van der Waals surface area contributed by atoms with Crippen LogP contribution < -0.4 is 10.5 Å². The van der Waals surface area contributed by atoms with Crippen LogP contribution in [0.15, 0.2) is 12.1 Å². The van der Waals surface area contributed by atoms with E-state index in [1.807, 2.05) is 40.7 Å². The summed E-state index contributed by atoms with van der Waals surface area (Å²) in [6.45, 7) is 16.3. The molecule has 4 heteroatoms. The predicted octanol–water partition coefficient (Wildman–Crippen LogP) is 4.37. The van der Waals surface area contributed by atoms with Crippen molar-refractivity contribution < 1.29 is 14.3 Å². The van der Waals surface area contributed by atoms with Crippen molar-refractivity contribution in [1.82, 2.24) is 0 Å². The van der Waals surface area contributed by atoms with E-state index in [4.69, 9.17) is 10.5 Å². The lowest BCUT2D eigenvalue weighted by molar-refractivity contribution is -0.137. The van der Waals surface area contributed by atoms with Gasteiger partial charge in [0.1, 0.15) is 11.8 Å². The first-order valence-corrected chi connectivity index (χ1v) is 8.94. The Morgan fingerprint density at radius 2 is 1.72 bits per heavy atom. The minimum absolute atomic E-state index is 0.0131. The molecule has 0 saturated carbocycles. The van der Waals surface area contributed by atoms with E-state index in [1.54, 1.807) is 6.07 Å². The molecule has 0 amide bonds. The second-order valence-electron chi connectivity index (χ2n) is 8.89. The van der Waals surface area contributed by atoms with E-state index in [1.165, 1.54) is 0 Å². The van der Waals surface area contributed by atoms with Crippen LogP contribution in [0.1, 0.15) is 83.3 Å². The molecule has 0 radical (unpaired) electrons. The number of ether oxygens (including phenoxy) is 1. The summed E-state index contributed by atoms with van der Waals surface area (Å²) in [6.07, 6.45) is 1.54. The molecule has 2 atom stereocenters. The van der Waals surface area contributed by atoms with Gasteiger partial charge in [-0.2, -0.15) is 0 Å². The lowest BCUT2D eigenvalue weighted by Gasteiger charge is -2.28. The van der Waals surface area contributed by atoms with Crippen LogP contribution in [0.3, 0.4) is 0 Å². The average molecular weight is 347 g/mol. The summed E-state index contributed by atoms with van der Waals surface area (Å²) in [5, 5.41) is 0. The summed E-state index contributed by atoms with van der Waals surface area (Å²) in [5.41, 5.74) is 7.87. The summed E-state index contributed by atoms with van der Waals surface area (Å²) in [6, 6.07) is 3.13. The molecule has 0 bridgehead atoms. The molecule has 1 aromatic carbocycles. The molecule has 0 aliphatic carbocycles. The van der Waals surface area contributed by atoms with Gasteiger partial charge in [-0.1, -0.05) is 67.9 Å². The zero-order valence-electron chi connectivity index (χ0n) is 16.9. The molecule has 1 rings (SSSR count). The van der Waals surface area contributed by atoms with E-state index in [0.717, 1.165) is 23.8 Å². The topological polar surface area (TPSA) is 69.4 Å². The molecule has 0 spiro atoms. The number of esters is 1. The van der Waals surface area contributed by atoms with E-state index >= 15 is 0 Å². The van der Waals surface area contributed by atoms with Gasteiger partial charge in [0.15, 0.2) is 6.29 Å². The quantitative estimate of drug-likeness (QED) is 0.488. The van der Waals surface area contributed by atoms with E-state index in [2.05, 4.69) is 20.8 Å². The van der Waals surface area contributed by atoms with Crippen molar-refractivity contribution in [3.05, 3.63) is 28.8 Å². The Balaban J connectivity index is 3.48. The van der Waals surface area contributed by atoms with Gasteiger partial charge >= 0.3 is 5.97 Å². The zero-order valence-corrected chi connectivity index (χ0v) is 16.9. The van der Waals surface area contributed by atoms with Crippen molar-refractivity contribution in [2.75, 3.05) is 0 Å². The molecule has 0 aromatic heterocycles. The Kier molecular flexibility index (Phi) is 6.57. The van der Waals surface area contributed by atoms with Crippen LogP contribution in [0.2, 0.25) is 0 Å². The summed E-state index contributed by atoms with van der Waals surface area (Å²) in [4.78, 5) is 24.2. The van der Waals surface area contributed by atoms with Crippen molar-refractivity contribution in [2.45, 2.75) is 78.7 Å². The molecular weight excluding hydrogens is 314 g/mol. The third-order valence-electron chi connectivity index (χ3n) is 4.65. The van der Waals surface area contributed by atoms with Crippen molar-refractivity contribution in [3.8, 4) is 5.75 Å². The Morgan fingerprint density at radius 1 is 1.16 bits per heavy atom. The monoisotopic (exact) mass is 347 g/mol. The maximum absolute atomic E-state index is 12.5. The first-order valence-electron chi connectivity index (χ1n) is 8.94. The number of rotatable bonds is 5. The lowest BCUT2D eigenvalue weighted by atomic mass is 9.79.